The fourth-order valence-electron chi connectivity index (χ4n) is 5.73. The maximum atomic E-state index is 13.6. The minimum atomic E-state index is -0.347. The Bertz CT molecular complexity index is 1510. The highest BCUT2D eigenvalue weighted by atomic mass is 16.5. The third kappa shape index (κ3) is 7.11. The molecule has 2 amide bonds. The quantitative estimate of drug-likeness (QED) is 0.412. The number of likely N-dealkylation sites (N-methyl/N-ethyl adjacent to an activating group) is 1. The monoisotopic (exact) mass is 587 g/mol. The second-order valence-corrected chi connectivity index (χ2v) is 11.3. The van der Waals surface area contributed by atoms with Crippen molar-refractivity contribution in [3.8, 4) is 11.1 Å². The zero-order valence-electron chi connectivity index (χ0n) is 25.5. The lowest BCUT2D eigenvalue weighted by molar-refractivity contribution is -0.119. The lowest BCUT2D eigenvalue weighted by Crippen LogP contribution is -2.44. The van der Waals surface area contributed by atoms with Crippen LogP contribution in [0.2, 0.25) is 0 Å². The number of carbonyl (C=O) groups excluding carboxylic acids is 2. The van der Waals surface area contributed by atoms with E-state index in [0.29, 0.717) is 48.0 Å². The molecule has 2 aliphatic rings. The summed E-state index contributed by atoms with van der Waals surface area (Å²) in [6.45, 7) is 10.3. The number of aromatic amines is 1. The van der Waals surface area contributed by atoms with E-state index in [4.69, 9.17) is 9.72 Å². The summed E-state index contributed by atoms with van der Waals surface area (Å²) in [6.07, 6.45) is 3.62. The molecule has 0 unspecified atom stereocenters. The van der Waals surface area contributed by atoms with Crippen molar-refractivity contribution in [1.82, 2.24) is 25.2 Å². The molecule has 1 aromatic carbocycles. The molecule has 0 atom stereocenters. The second-order valence-electron chi connectivity index (χ2n) is 11.3. The van der Waals surface area contributed by atoms with Crippen LogP contribution in [0.25, 0.3) is 11.1 Å². The van der Waals surface area contributed by atoms with E-state index < -0.39 is 0 Å². The molecule has 0 spiro atoms. The average Bonchev–Trinajstić information content (AvgIpc) is 3.01. The minimum absolute atomic E-state index is 0.00756. The van der Waals surface area contributed by atoms with Crippen molar-refractivity contribution >= 4 is 23.3 Å². The Balaban J connectivity index is 1.49. The van der Waals surface area contributed by atoms with Crippen molar-refractivity contribution in [3.63, 3.8) is 0 Å². The molecular formula is C32H41N7O4. The molecule has 11 heteroatoms. The van der Waals surface area contributed by atoms with Crippen LogP contribution in [0.3, 0.4) is 0 Å². The normalized spacial score (nSPS) is 16.2. The molecule has 0 radical (unpaired) electrons. The number of nitrogens with one attached hydrogen (secondary N) is 2. The van der Waals surface area contributed by atoms with E-state index in [1.807, 2.05) is 42.3 Å². The second kappa shape index (κ2) is 13.5. The number of aryl methyl sites for hydroxylation is 2. The highest BCUT2D eigenvalue weighted by molar-refractivity contribution is 6.00. The summed E-state index contributed by atoms with van der Waals surface area (Å²) in [7, 11) is 2.12. The lowest BCUT2D eigenvalue weighted by atomic mass is 9.99. The summed E-state index contributed by atoms with van der Waals surface area (Å²) in [5.41, 5.74) is 3.39. The molecule has 5 rings (SSSR count). The number of aromatic nitrogens is 3. The molecule has 228 valence electrons. The van der Waals surface area contributed by atoms with Gasteiger partial charge in [0.25, 0.3) is 11.5 Å². The van der Waals surface area contributed by atoms with Crippen LogP contribution in [0.15, 0.2) is 41.3 Å². The number of hydrogen-bond acceptors (Lipinski definition) is 8. The average molecular weight is 588 g/mol. The summed E-state index contributed by atoms with van der Waals surface area (Å²) in [4.78, 5) is 57.6. The number of carbonyl (C=O) groups is 2. The summed E-state index contributed by atoms with van der Waals surface area (Å²) in [5.74, 6) is 1.09. The first-order valence-electron chi connectivity index (χ1n) is 15.0. The molecule has 11 nitrogen and oxygen atoms in total. The molecular weight excluding hydrogens is 546 g/mol. The first kappa shape index (κ1) is 30.4. The Labute approximate surface area is 252 Å². The van der Waals surface area contributed by atoms with Crippen LogP contribution in [0, 0.1) is 13.8 Å². The summed E-state index contributed by atoms with van der Waals surface area (Å²) >= 11 is 0. The topological polar surface area (TPSA) is 124 Å². The van der Waals surface area contributed by atoms with Gasteiger partial charge in [0.05, 0.1) is 12.1 Å². The Morgan fingerprint density at radius 1 is 1.07 bits per heavy atom. The van der Waals surface area contributed by atoms with Crippen molar-refractivity contribution in [2.75, 3.05) is 56.2 Å². The number of hydrogen-bond donors (Lipinski definition) is 2. The van der Waals surface area contributed by atoms with E-state index >= 15 is 0 Å². The maximum Gasteiger partial charge on any atom is 0.256 e. The highest BCUT2D eigenvalue weighted by Crippen LogP contribution is 2.31. The van der Waals surface area contributed by atoms with Crippen LogP contribution < -0.4 is 20.7 Å². The van der Waals surface area contributed by atoms with Gasteiger partial charge in [0, 0.05) is 80.6 Å². The zero-order valence-corrected chi connectivity index (χ0v) is 25.5. The zero-order chi connectivity index (χ0) is 30.5. The van der Waals surface area contributed by atoms with Gasteiger partial charge in [-0.1, -0.05) is 6.92 Å². The van der Waals surface area contributed by atoms with E-state index in [0.717, 1.165) is 56.0 Å². The lowest BCUT2D eigenvalue weighted by Gasteiger charge is -2.35. The first-order valence-corrected chi connectivity index (χ1v) is 15.0. The molecule has 0 saturated carbocycles. The van der Waals surface area contributed by atoms with Crippen LogP contribution in [0.5, 0.6) is 0 Å². The number of H-pyrrole nitrogens is 1. The van der Waals surface area contributed by atoms with Gasteiger partial charge in [0.1, 0.15) is 11.6 Å². The Kier molecular flexibility index (Phi) is 9.52. The van der Waals surface area contributed by atoms with Crippen molar-refractivity contribution in [2.24, 2.45) is 0 Å². The van der Waals surface area contributed by atoms with Gasteiger partial charge >= 0.3 is 0 Å². The molecule has 0 bridgehead atoms. The minimum Gasteiger partial charge on any atom is -0.381 e. The van der Waals surface area contributed by atoms with Gasteiger partial charge in [0.2, 0.25) is 5.91 Å². The van der Waals surface area contributed by atoms with Gasteiger partial charge in [-0.25, -0.2) is 9.97 Å². The molecule has 0 aliphatic carbocycles. The smallest absolute Gasteiger partial charge is 0.256 e. The maximum absolute atomic E-state index is 13.6. The molecule has 43 heavy (non-hydrogen) atoms. The molecule has 2 aliphatic heterocycles. The largest absolute Gasteiger partial charge is 0.381 e. The SMILES string of the molecule is CCC(=O)N(c1cc(C(=O)NCc2c(C)nc(C)[nH]c2=O)cc(-c2ccc(N3CCN(C)CC3)nc2)c1)C1CCOCC1. The van der Waals surface area contributed by atoms with E-state index in [1.54, 1.807) is 19.9 Å². The summed E-state index contributed by atoms with van der Waals surface area (Å²) in [6, 6.07) is 9.55. The van der Waals surface area contributed by atoms with Gasteiger partial charge in [-0.15, -0.1) is 0 Å². The van der Waals surface area contributed by atoms with Crippen molar-refractivity contribution in [2.45, 2.75) is 52.6 Å². The number of amides is 2. The predicted molar refractivity (Wildman–Crippen MR) is 167 cm³/mol. The first-order chi connectivity index (χ1) is 20.7. The molecule has 2 fully saturated rings. The number of piperazine rings is 1. The predicted octanol–water partition coefficient (Wildman–Crippen LogP) is 3.05. The van der Waals surface area contributed by atoms with Crippen LogP contribution >= 0.6 is 0 Å². The molecule has 2 N–H and O–H groups in total. The van der Waals surface area contributed by atoms with Crippen LogP contribution in [-0.2, 0) is 16.1 Å². The third-order valence-corrected chi connectivity index (χ3v) is 8.26. The summed E-state index contributed by atoms with van der Waals surface area (Å²) < 4.78 is 5.57. The highest BCUT2D eigenvalue weighted by Gasteiger charge is 2.28. The Morgan fingerprint density at radius 3 is 2.47 bits per heavy atom. The van der Waals surface area contributed by atoms with Crippen molar-refractivity contribution < 1.29 is 14.3 Å². The number of benzene rings is 1. The van der Waals surface area contributed by atoms with E-state index in [1.165, 1.54) is 0 Å². The van der Waals surface area contributed by atoms with E-state index in [9.17, 15) is 14.4 Å². The standard InChI is InChI=1S/C32H41N7O4/c1-5-30(40)39(26-8-14-43-15-9-26)27-17-24(23-6-7-29(33-19-23)38-12-10-37(4)11-13-38)16-25(18-27)31(41)34-20-28-21(2)35-22(3)36-32(28)42/h6-7,16-19,26H,5,8-15,20H2,1-4H3,(H,34,41)(H,35,36,42). The van der Waals surface area contributed by atoms with Crippen LogP contribution in [-0.4, -0.2) is 84.1 Å². The summed E-state index contributed by atoms with van der Waals surface area (Å²) in [5, 5.41) is 2.89. The number of pyridine rings is 1. The van der Waals surface area contributed by atoms with Crippen LogP contribution in [0.1, 0.15) is 53.6 Å². The number of ether oxygens (including phenoxy) is 1. The number of anilines is 2. The number of rotatable bonds is 8. The third-order valence-electron chi connectivity index (χ3n) is 8.26. The van der Waals surface area contributed by atoms with Crippen molar-refractivity contribution in [3.05, 3.63) is 69.5 Å². The Hall–Kier alpha value is -4.09. The van der Waals surface area contributed by atoms with Gasteiger partial charge in [-0.05, 0) is 69.6 Å². The van der Waals surface area contributed by atoms with Crippen LogP contribution in [0.4, 0.5) is 11.5 Å². The molecule has 3 aromatic rings. The van der Waals surface area contributed by atoms with Gasteiger partial charge in [-0.2, -0.15) is 0 Å². The van der Waals surface area contributed by atoms with Crippen molar-refractivity contribution in [1.29, 1.82) is 0 Å². The Morgan fingerprint density at radius 2 is 1.81 bits per heavy atom. The van der Waals surface area contributed by atoms with E-state index in [-0.39, 0.29) is 30.0 Å². The fourth-order valence-corrected chi connectivity index (χ4v) is 5.73. The molecule has 2 saturated heterocycles. The van der Waals surface area contributed by atoms with Gasteiger partial charge in [0.15, 0.2) is 0 Å². The van der Waals surface area contributed by atoms with E-state index in [2.05, 4.69) is 32.1 Å². The van der Waals surface area contributed by atoms with Gasteiger partial charge < -0.3 is 29.7 Å². The molecule has 2 aromatic heterocycles. The molecule has 4 heterocycles. The number of nitrogens with zero attached hydrogens (tertiary/aromatic N) is 5. The fraction of sp³-hybridized carbons (Fsp3) is 0.469. The van der Waals surface area contributed by atoms with Gasteiger partial charge in [-0.3, -0.25) is 14.4 Å².